The smallest absolute Gasteiger partial charge is 0.310 e. The normalized spacial score (nSPS) is 10.6. The molecule has 0 spiro atoms. The molecule has 0 N–H and O–H groups in total. The standard InChI is InChI=1S/C16H12ClN3O4/c1-10-6-7-13(20(21)22)14(8-10)23-9-15-18-16(24-19-15)11-4-2-3-5-12(11)17/h2-8H,9H2,1H3. The van der Waals surface area contributed by atoms with Gasteiger partial charge in [0, 0.05) is 6.07 Å². The highest BCUT2D eigenvalue weighted by atomic mass is 35.5. The van der Waals surface area contributed by atoms with Gasteiger partial charge in [-0.1, -0.05) is 35.0 Å². The monoisotopic (exact) mass is 345 g/mol. The third-order valence-electron chi connectivity index (χ3n) is 3.24. The van der Waals surface area contributed by atoms with Crippen LogP contribution in [0.25, 0.3) is 11.5 Å². The van der Waals surface area contributed by atoms with Gasteiger partial charge < -0.3 is 9.26 Å². The van der Waals surface area contributed by atoms with E-state index in [4.69, 9.17) is 20.9 Å². The van der Waals surface area contributed by atoms with Crippen LogP contribution in [-0.4, -0.2) is 15.1 Å². The van der Waals surface area contributed by atoms with Gasteiger partial charge >= 0.3 is 5.69 Å². The largest absolute Gasteiger partial charge is 0.478 e. The van der Waals surface area contributed by atoms with E-state index in [-0.39, 0.29) is 29.8 Å². The lowest BCUT2D eigenvalue weighted by atomic mass is 10.2. The minimum absolute atomic E-state index is 0.0573. The van der Waals surface area contributed by atoms with Crippen molar-refractivity contribution in [2.75, 3.05) is 0 Å². The molecular weight excluding hydrogens is 334 g/mol. The van der Waals surface area contributed by atoms with E-state index in [9.17, 15) is 10.1 Å². The Morgan fingerprint density at radius 3 is 2.83 bits per heavy atom. The predicted octanol–water partition coefficient (Wildman–Crippen LogP) is 4.19. The van der Waals surface area contributed by atoms with Gasteiger partial charge in [-0.25, -0.2) is 0 Å². The van der Waals surface area contributed by atoms with Crippen molar-refractivity contribution < 1.29 is 14.2 Å². The SMILES string of the molecule is Cc1ccc([N+](=O)[O-])c(OCc2noc(-c3ccccc3Cl)n2)c1. The molecular formula is C16H12ClN3O4. The van der Waals surface area contributed by atoms with Crippen molar-refractivity contribution in [3.05, 3.63) is 69.0 Å². The lowest BCUT2D eigenvalue weighted by Gasteiger charge is -2.05. The van der Waals surface area contributed by atoms with Gasteiger partial charge in [0.05, 0.1) is 15.5 Å². The zero-order valence-corrected chi connectivity index (χ0v) is 13.4. The maximum atomic E-state index is 11.0. The Bertz CT molecular complexity index is 895. The number of aryl methyl sites for hydroxylation is 1. The Morgan fingerprint density at radius 2 is 2.08 bits per heavy atom. The first kappa shape index (κ1) is 15.9. The molecule has 7 nitrogen and oxygen atoms in total. The van der Waals surface area contributed by atoms with Gasteiger partial charge in [-0.05, 0) is 30.7 Å². The van der Waals surface area contributed by atoms with Crippen LogP contribution in [0, 0.1) is 17.0 Å². The lowest BCUT2D eigenvalue weighted by Crippen LogP contribution is -2.01. The fraction of sp³-hybridized carbons (Fsp3) is 0.125. The molecule has 1 aromatic heterocycles. The summed E-state index contributed by atoms with van der Waals surface area (Å²) in [5, 5.41) is 15.3. The second kappa shape index (κ2) is 6.67. The van der Waals surface area contributed by atoms with Crippen molar-refractivity contribution >= 4 is 17.3 Å². The highest BCUT2D eigenvalue weighted by Crippen LogP contribution is 2.29. The van der Waals surface area contributed by atoms with Crippen LogP contribution >= 0.6 is 11.6 Å². The maximum absolute atomic E-state index is 11.0. The van der Waals surface area contributed by atoms with E-state index in [1.165, 1.54) is 6.07 Å². The topological polar surface area (TPSA) is 91.3 Å². The first-order chi connectivity index (χ1) is 11.5. The van der Waals surface area contributed by atoms with Crippen molar-refractivity contribution in [1.29, 1.82) is 0 Å². The molecule has 0 bridgehead atoms. The number of aromatic nitrogens is 2. The Balaban J connectivity index is 1.78. The van der Waals surface area contributed by atoms with Crippen LogP contribution in [0.1, 0.15) is 11.4 Å². The number of hydrogen-bond donors (Lipinski definition) is 0. The molecule has 1 heterocycles. The first-order valence-corrected chi connectivity index (χ1v) is 7.37. The van der Waals surface area contributed by atoms with E-state index >= 15 is 0 Å². The predicted molar refractivity (Wildman–Crippen MR) is 86.9 cm³/mol. The molecule has 0 atom stereocenters. The summed E-state index contributed by atoms with van der Waals surface area (Å²) in [6.45, 7) is 1.76. The highest BCUT2D eigenvalue weighted by Gasteiger charge is 2.17. The molecule has 0 aliphatic rings. The Labute approximate surface area is 142 Å². The third-order valence-corrected chi connectivity index (χ3v) is 3.57. The van der Waals surface area contributed by atoms with E-state index in [1.54, 1.807) is 36.4 Å². The Hall–Kier alpha value is -2.93. The molecule has 0 amide bonds. The van der Waals surface area contributed by atoms with Gasteiger partial charge in [0.15, 0.2) is 12.4 Å². The second-order valence-electron chi connectivity index (χ2n) is 5.01. The molecule has 3 aromatic rings. The van der Waals surface area contributed by atoms with Crippen molar-refractivity contribution in [3.8, 4) is 17.2 Å². The molecule has 0 aliphatic carbocycles. The number of halogens is 1. The molecule has 0 saturated carbocycles. The van der Waals surface area contributed by atoms with E-state index in [0.717, 1.165) is 5.56 Å². The van der Waals surface area contributed by atoms with Crippen molar-refractivity contribution in [2.24, 2.45) is 0 Å². The molecule has 24 heavy (non-hydrogen) atoms. The number of nitrogens with zero attached hydrogens (tertiary/aromatic N) is 3. The Morgan fingerprint density at radius 1 is 1.29 bits per heavy atom. The molecule has 0 saturated heterocycles. The zero-order valence-electron chi connectivity index (χ0n) is 12.6. The van der Waals surface area contributed by atoms with Crippen molar-refractivity contribution in [3.63, 3.8) is 0 Å². The van der Waals surface area contributed by atoms with Crippen LogP contribution in [0.4, 0.5) is 5.69 Å². The number of ether oxygens (including phenoxy) is 1. The number of rotatable bonds is 5. The van der Waals surface area contributed by atoms with E-state index in [0.29, 0.717) is 10.6 Å². The summed E-state index contributed by atoms with van der Waals surface area (Å²) in [6, 6.07) is 11.7. The van der Waals surface area contributed by atoms with Crippen molar-refractivity contribution in [1.82, 2.24) is 10.1 Å². The van der Waals surface area contributed by atoms with E-state index in [2.05, 4.69) is 10.1 Å². The molecule has 0 unspecified atom stereocenters. The fourth-order valence-corrected chi connectivity index (χ4v) is 2.30. The first-order valence-electron chi connectivity index (χ1n) is 7.00. The van der Waals surface area contributed by atoms with Crippen LogP contribution in [-0.2, 0) is 6.61 Å². The summed E-state index contributed by atoms with van der Waals surface area (Å²) in [5.74, 6) is 0.683. The number of nitro groups is 1. The van der Waals surface area contributed by atoms with Crippen LogP contribution in [0.5, 0.6) is 5.75 Å². The number of nitro benzene ring substituents is 1. The summed E-state index contributed by atoms with van der Waals surface area (Å²) < 4.78 is 10.6. The van der Waals surface area contributed by atoms with E-state index < -0.39 is 4.92 Å². The van der Waals surface area contributed by atoms with E-state index in [1.807, 2.05) is 6.92 Å². The van der Waals surface area contributed by atoms with Gasteiger partial charge in [0.25, 0.3) is 5.89 Å². The molecule has 0 fully saturated rings. The molecule has 8 heteroatoms. The van der Waals surface area contributed by atoms with Crippen LogP contribution in [0.3, 0.4) is 0 Å². The van der Waals surface area contributed by atoms with Crippen LogP contribution < -0.4 is 4.74 Å². The fourth-order valence-electron chi connectivity index (χ4n) is 2.09. The molecule has 0 radical (unpaired) electrons. The molecule has 122 valence electrons. The average molecular weight is 346 g/mol. The third kappa shape index (κ3) is 3.36. The number of benzene rings is 2. The van der Waals surface area contributed by atoms with Gasteiger partial charge in [-0.2, -0.15) is 4.98 Å². The van der Waals surface area contributed by atoms with Crippen molar-refractivity contribution in [2.45, 2.75) is 13.5 Å². The van der Waals surface area contributed by atoms with Crippen LogP contribution in [0.2, 0.25) is 5.02 Å². The quantitative estimate of drug-likeness (QED) is 0.508. The summed E-state index contributed by atoms with van der Waals surface area (Å²) in [5.41, 5.74) is 1.34. The minimum atomic E-state index is -0.500. The maximum Gasteiger partial charge on any atom is 0.310 e. The summed E-state index contributed by atoms with van der Waals surface area (Å²) in [4.78, 5) is 14.7. The van der Waals surface area contributed by atoms with Gasteiger partial charge in [-0.15, -0.1) is 0 Å². The molecule has 2 aromatic carbocycles. The molecule has 0 aliphatic heterocycles. The van der Waals surface area contributed by atoms with Gasteiger partial charge in [-0.3, -0.25) is 10.1 Å². The zero-order chi connectivity index (χ0) is 17.1. The summed E-state index contributed by atoms with van der Waals surface area (Å²) in [6.07, 6.45) is 0. The minimum Gasteiger partial charge on any atom is -0.478 e. The van der Waals surface area contributed by atoms with Crippen LogP contribution in [0.15, 0.2) is 47.0 Å². The van der Waals surface area contributed by atoms with Gasteiger partial charge in [0.1, 0.15) is 0 Å². The molecule has 3 rings (SSSR count). The lowest BCUT2D eigenvalue weighted by molar-refractivity contribution is -0.386. The average Bonchev–Trinajstić information content (AvgIpc) is 3.02. The summed E-state index contributed by atoms with van der Waals surface area (Å²) in [7, 11) is 0. The second-order valence-corrected chi connectivity index (χ2v) is 5.42. The Kier molecular flexibility index (Phi) is 4.43. The highest BCUT2D eigenvalue weighted by molar-refractivity contribution is 6.33. The summed E-state index contributed by atoms with van der Waals surface area (Å²) >= 11 is 6.08. The van der Waals surface area contributed by atoms with Gasteiger partial charge in [0.2, 0.25) is 5.82 Å². The number of hydrogen-bond acceptors (Lipinski definition) is 6.